The average molecular weight is 354 g/mol. The third-order valence-electron chi connectivity index (χ3n) is 3.69. The molecule has 5 heteroatoms. The molecule has 3 nitrogen and oxygen atoms in total. The van der Waals surface area contributed by atoms with Gasteiger partial charge >= 0.3 is 0 Å². The van der Waals surface area contributed by atoms with E-state index in [0.29, 0.717) is 6.54 Å². The molecule has 0 saturated heterocycles. The van der Waals surface area contributed by atoms with E-state index in [1.54, 1.807) is 17.5 Å². The summed E-state index contributed by atoms with van der Waals surface area (Å²) in [6, 6.07) is 12.2. The first-order chi connectivity index (χ1) is 11.7. The lowest BCUT2D eigenvalue weighted by Gasteiger charge is -2.01. The van der Waals surface area contributed by atoms with E-state index >= 15 is 0 Å². The largest absolute Gasteiger partial charge is 0.348 e. The lowest BCUT2D eigenvalue weighted by atomic mass is 10.1. The fraction of sp³-hybridized carbons (Fsp3) is 0.158. The van der Waals surface area contributed by atoms with Crippen LogP contribution in [0.2, 0.25) is 0 Å². The molecule has 3 heterocycles. The number of carbonyl (C=O) groups is 1. The maximum Gasteiger partial charge on any atom is 0.251 e. The van der Waals surface area contributed by atoms with E-state index in [9.17, 15) is 4.79 Å². The van der Waals surface area contributed by atoms with Gasteiger partial charge < -0.3 is 5.32 Å². The minimum absolute atomic E-state index is 0.0186. The number of nitrogens with zero attached hydrogens (tertiary/aromatic N) is 1. The van der Waals surface area contributed by atoms with Crippen LogP contribution in [0.25, 0.3) is 20.9 Å². The smallest absolute Gasteiger partial charge is 0.251 e. The number of pyridine rings is 1. The van der Waals surface area contributed by atoms with Gasteiger partial charge in [-0.1, -0.05) is 19.9 Å². The number of aromatic nitrogens is 1. The summed E-state index contributed by atoms with van der Waals surface area (Å²) in [6.07, 6.45) is 3.58. The number of thiophene rings is 1. The van der Waals surface area contributed by atoms with Gasteiger partial charge in [-0.3, -0.25) is 9.78 Å². The Hall–Kier alpha value is -2.11. The maximum atomic E-state index is 11.6. The van der Waals surface area contributed by atoms with E-state index in [-0.39, 0.29) is 5.91 Å². The van der Waals surface area contributed by atoms with Crippen LogP contribution in [0.5, 0.6) is 0 Å². The van der Waals surface area contributed by atoms with E-state index in [2.05, 4.69) is 41.1 Å². The molecule has 0 aliphatic carbocycles. The third kappa shape index (κ3) is 3.23. The topological polar surface area (TPSA) is 42.0 Å². The monoisotopic (exact) mass is 354 g/mol. The van der Waals surface area contributed by atoms with Crippen LogP contribution in [0.3, 0.4) is 0 Å². The Bertz CT molecular complexity index is 887. The quantitative estimate of drug-likeness (QED) is 0.633. The fourth-order valence-corrected chi connectivity index (χ4v) is 3.79. The molecule has 1 aromatic carbocycles. The van der Waals surface area contributed by atoms with Crippen LogP contribution in [0, 0.1) is 0 Å². The Balaban J connectivity index is 0.000000815. The van der Waals surface area contributed by atoms with Crippen LogP contribution < -0.4 is 5.32 Å². The number of hydrogen-bond donors (Lipinski definition) is 2. The van der Waals surface area contributed by atoms with Gasteiger partial charge in [0.25, 0.3) is 5.91 Å². The van der Waals surface area contributed by atoms with Gasteiger partial charge in [0.2, 0.25) is 0 Å². The summed E-state index contributed by atoms with van der Waals surface area (Å²) in [4.78, 5) is 19.0. The first kappa shape index (κ1) is 16.7. The lowest BCUT2D eigenvalue weighted by Crippen LogP contribution is -2.12. The van der Waals surface area contributed by atoms with E-state index in [1.165, 1.54) is 4.88 Å². The molecule has 0 saturated carbocycles. The van der Waals surface area contributed by atoms with Crippen molar-refractivity contribution in [1.29, 1.82) is 0 Å². The summed E-state index contributed by atoms with van der Waals surface area (Å²) >= 11 is 6.05. The van der Waals surface area contributed by atoms with Gasteiger partial charge in [0.15, 0.2) is 0 Å². The average Bonchev–Trinajstić information content (AvgIpc) is 3.24. The lowest BCUT2D eigenvalue weighted by molar-refractivity contribution is 0.0966. The highest BCUT2D eigenvalue weighted by Crippen LogP contribution is 2.35. The van der Waals surface area contributed by atoms with Gasteiger partial charge in [0.05, 0.1) is 0 Å². The molecule has 0 bridgehead atoms. The minimum atomic E-state index is 0.0186. The highest BCUT2D eigenvalue weighted by Gasteiger charge is 2.19. The zero-order valence-corrected chi connectivity index (χ0v) is 15.2. The number of nitrogens with one attached hydrogen (secondary N) is 1. The zero-order valence-electron chi connectivity index (χ0n) is 13.5. The maximum absolute atomic E-state index is 11.6. The molecule has 2 aromatic heterocycles. The number of hydrogen-bond acceptors (Lipinski definition) is 4. The summed E-state index contributed by atoms with van der Waals surface area (Å²) < 4.78 is 0. The van der Waals surface area contributed by atoms with Crippen LogP contribution in [0.15, 0.2) is 53.7 Å². The van der Waals surface area contributed by atoms with Gasteiger partial charge in [-0.2, -0.15) is 0 Å². The SMILES string of the molecule is CC.O=C1NCc2cc(-c3ccc(-c4cncc(S)c4)s3)ccc21. The Kier molecular flexibility index (Phi) is 5.02. The molecule has 24 heavy (non-hydrogen) atoms. The van der Waals surface area contributed by atoms with E-state index in [1.807, 2.05) is 38.2 Å². The minimum Gasteiger partial charge on any atom is -0.348 e. The van der Waals surface area contributed by atoms with Gasteiger partial charge in [-0.25, -0.2) is 0 Å². The zero-order chi connectivity index (χ0) is 17.1. The Morgan fingerprint density at radius 3 is 2.54 bits per heavy atom. The second-order valence-electron chi connectivity index (χ2n) is 5.15. The second kappa shape index (κ2) is 7.20. The summed E-state index contributed by atoms with van der Waals surface area (Å²) in [5, 5.41) is 2.85. The van der Waals surface area contributed by atoms with E-state index in [0.717, 1.165) is 32.0 Å². The van der Waals surface area contributed by atoms with Crippen LogP contribution in [0.1, 0.15) is 29.8 Å². The summed E-state index contributed by atoms with van der Waals surface area (Å²) in [5.41, 5.74) is 4.06. The molecule has 0 radical (unpaired) electrons. The number of thiol groups is 1. The molecule has 0 atom stereocenters. The van der Waals surface area contributed by atoms with Crippen LogP contribution >= 0.6 is 24.0 Å². The number of rotatable bonds is 2. The van der Waals surface area contributed by atoms with Crippen molar-refractivity contribution in [2.75, 3.05) is 0 Å². The van der Waals surface area contributed by atoms with Crippen molar-refractivity contribution in [3.8, 4) is 20.9 Å². The standard InChI is InChI=1S/C17H12N2OS2.C2H6/c20-17-14-2-1-10(5-11(14)8-19-17)15-3-4-16(22-15)12-6-13(21)9-18-7-12;1-2/h1-7,9,21H,8H2,(H,19,20);1-2H3. The third-order valence-corrected chi connectivity index (χ3v) is 5.12. The first-order valence-electron chi connectivity index (χ1n) is 7.86. The molecule has 0 fully saturated rings. The van der Waals surface area contributed by atoms with Crippen molar-refractivity contribution in [1.82, 2.24) is 10.3 Å². The van der Waals surface area contributed by atoms with Crippen molar-refractivity contribution in [2.45, 2.75) is 25.3 Å². The number of fused-ring (bicyclic) bond motifs is 1. The Morgan fingerprint density at radius 2 is 1.79 bits per heavy atom. The normalized spacial score (nSPS) is 12.2. The molecule has 122 valence electrons. The van der Waals surface area contributed by atoms with Crippen molar-refractivity contribution in [2.24, 2.45) is 0 Å². The molecular formula is C19H18N2OS2. The number of carbonyl (C=O) groups excluding carboxylic acids is 1. The fourth-order valence-electron chi connectivity index (χ4n) is 2.60. The predicted octanol–water partition coefficient (Wildman–Crippen LogP) is 5.04. The molecule has 1 N–H and O–H groups in total. The van der Waals surface area contributed by atoms with Crippen LogP contribution in [-0.4, -0.2) is 10.9 Å². The summed E-state index contributed by atoms with van der Waals surface area (Å²) in [5.74, 6) is 0.0186. The molecule has 1 amide bonds. The van der Waals surface area contributed by atoms with Crippen molar-refractivity contribution < 1.29 is 4.79 Å². The Morgan fingerprint density at radius 1 is 1.04 bits per heavy atom. The van der Waals surface area contributed by atoms with Gasteiger partial charge in [-0.05, 0) is 41.5 Å². The molecule has 0 spiro atoms. The Labute approximate surface area is 151 Å². The van der Waals surface area contributed by atoms with Gasteiger partial charge in [0.1, 0.15) is 0 Å². The molecule has 4 rings (SSSR count). The van der Waals surface area contributed by atoms with Crippen molar-refractivity contribution in [3.05, 3.63) is 59.9 Å². The van der Waals surface area contributed by atoms with Gasteiger partial charge in [-0.15, -0.1) is 24.0 Å². The summed E-state index contributed by atoms with van der Waals surface area (Å²) in [6.45, 7) is 4.62. The number of benzene rings is 1. The highest BCUT2D eigenvalue weighted by molar-refractivity contribution is 7.80. The van der Waals surface area contributed by atoms with Crippen LogP contribution in [-0.2, 0) is 6.54 Å². The molecular weight excluding hydrogens is 336 g/mol. The molecule has 1 aliphatic heterocycles. The number of amides is 1. The summed E-state index contributed by atoms with van der Waals surface area (Å²) in [7, 11) is 0. The molecule has 1 aliphatic rings. The van der Waals surface area contributed by atoms with E-state index in [4.69, 9.17) is 0 Å². The predicted molar refractivity (Wildman–Crippen MR) is 103 cm³/mol. The highest BCUT2D eigenvalue weighted by atomic mass is 32.1. The van der Waals surface area contributed by atoms with Crippen molar-refractivity contribution in [3.63, 3.8) is 0 Å². The van der Waals surface area contributed by atoms with Gasteiger partial charge in [0, 0.05) is 44.7 Å². The van der Waals surface area contributed by atoms with E-state index < -0.39 is 0 Å². The molecule has 0 unspecified atom stereocenters. The van der Waals surface area contributed by atoms with Crippen molar-refractivity contribution >= 4 is 29.9 Å². The molecule has 3 aromatic rings. The first-order valence-corrected chi connectivity index (χ1v) is 9.13. The van der Waals surface area contributed by atoms with Crippen LogP contribution in [0.4, 0.5) is 0 Å². The second-order valence-corrected chi connectivity index (χ2v) is 6.75.